The number of hydrogen-bond acceptors (Lipinski definition) is 7. The summed E-state index contributed by atoms with van der Waals surface area (Å²) >= 11 is 4.78. The molecule has 1 aromatic heterocycles. The molecule has 1 aliphatic rings. The van der Waals surface area contributed by atoms with Gasteiger partial charge in [-0.15, -0.1) is 0 Å². The first kappa shape index (κ1) is 15.2. The van der Waals surface area contributed by atoms with E-state index in [1.807, 2.05) is 17.9 Å². The van der Waals surface area contributed by atoms with Crippen molar-refractivity contribution in [3.05, 3.63) is 38.6 Å². The monoisotopic (exact) mass is 383 g/mol. The van der Waals surface area contributed by atoms with E-state index in [9.17, 15) is 10.1 Å². The Morgan fingerprint density at radius 3 is 2.55 bits per heavy atom. The number of piperazine rings is 1. The molecule has 0 saturated carbocycles. The standard InChI is InChI=1S/C13H14BrN5O2S/c1-9-15-13(22-16-9)18-6-4-17(5-7-18)12-8-10(14)2-3-11(12)19(20)21/h2-3,8H,4-7H2,1H3. The van der Waals surface area contributed by atoms with Gasteiger partial charge >= 0.3 is 0 Å². The van der Waals surface area contributed by atoms with E-state index in [-0.39, 0.29) is 10.6 Å². The quantitative estimate of drug-likeness (QED) is 0.599. The number of aryl methyl sites for hydroxylation is 1. The highest BCUT2D eigenvalue weighted by Gasteiger charge is 2.25. The Morgan fingerprint density at radius 1 is 1.27 bits per heavy atom. The lowest BCUT2D eigenvalue weighted by atomic mass is 10.2. The first-order valence-corrected chi connectivity index (χ1v) is 8.35. The molecule has 22 heavy (non-hydrogen) atoms. The van der Waals surface area contributed by atoms with Crippen molar-refractivity contribution in [1.29, 1.82) is 0 Å². The molecule has 0 bridgehead atoms. The van der Waals surface area contributed by atoms with Crippen LogP contribution in [0, 0.1) is 17.0 Å². The number of halogens is 1. The summed E-state index contributed by atoms with van der Waals surface area (Å²) < 4.78 is 5.04. The fraction of sp³-hybridized carbons (Fsp3) is 0.385. The molecule has 2 heterocycles. The molecule has 0 radical (unpaired) electrons. The van der Waals surface area contributed by atoms with E-state index in [4.69, 9.17) is 0 Å². The zero-order valence-corrected chi connectivity index (χ0v) is 14.3. The van der Waals surface area contributed by atoms with Crippen LogP contribution in [0.15, 0.2) is 22.7 Å². The highest BCUT2D eigenvalue weighted by molar-refractivity contribution is 9.10. The second-order valence-electron chi connectivity index (χ2n) is 4.99. The van der Waals surface area contributed by atoms with Gasteiger partial charge in [-0.1, -0.05) is 15.9 Å². The second kappa shape index (κ2) is 6.17. The molecule has 0 amide bonds. The summed E-state index contributed by atoms with van der Waals surface area (Å²) in [6.45, 7) is 4.86. The van der Waals surface area contributed by atoms with Crippen molar-refractivity contribution in [1.82, 2.24) is 9.36 Å². The molecule has 1 fully saturated rings. The summed E-state index contributed by atoms with van der Waals surface area (Å²) in [6.07, 6.45) is 0. The lowest BCUT2D eigenvalue weighted by molar-refractivity contribution is -0.384. The van der Waals surface area contributed by atoms with Crippen LogP contribution in [0.5, 0.6) is 0 Å². The van der Waals surface area contributed by atoms with E-state index < -0.39 is 0 Å². The fourth-order valence-electron chi connectivity index (χ4n) is 2.46. The van der Waals surface area contributed by atoms with Crippen LogP contribution >= 0.6 is 27.5 Å². The molecule has 0 unspecified atom stereocenters. The minimum Gasteiger partial charge on any atom is -0.362 e. The van der Waals surface area contributed by atoms with Crippen LogP contribution in [0.4, 0.5) is 16.5 Å². The number of anilines is 2. The smallest absolute Gasteiger partial charge is 0.292 e. The van der Waals surface area contributed by atoms with Gasteiger partial charge in [0.2, 0.25) is 5.13 Å². The van der Waals surface area contributed by atoms with E-state index in [0.717, 1.165) is 41.6 Å². The Kier molecular flexibility index (Phi) is 4.25. The highest BCUT2D eigenvalue weighted by Crippen LogP contribution is 2.32. The van der Waals surface area contributed by atoms with Gasteiger partial charge in [-0.3, -0.25) is 10.1 Å². The number of rotatable bonds is 3. The summed E-state index contributed by atoms with van der Waals surface area (Å²) in [7, 11) is 0. The minimum atomic E-state index is -0.331. The van der Waals surface area contributed by atoms with Crippen LogP contribution in [0.25, 0.3) is 0 Å². The summed E-state index contributed by atoms with van der Waals surface area (Å²) in [4.78, 5) is 19.5. The Labute approximate surface area is 140 Å². The molecular weight excluding hydrogens is 370 g/mol. The van der Waals surface area contributed by atoms with Crippen LogP contribution in [0.2, 0.25) is 0 Å². The van der Waals surface area contributed by atoms with Crippen molar-refractivity contribution < 1.29 is 4.92 Å². The lowest BCUT2D eigenvalue weighted by Gasteiger charge is -2.35. The molecular formula is C13H14BrN5O2S. The third kappa shape index (κ3) is 3.05. The second-order valence-corrected chi connectivity index (χ2v) is 6.63. The summed E-state index contributed by atoms with van der Waals surface area (Å²) in [6, 6.07) is 5.05. The molecule has 0 spiro atoms. The largest absolute Gasteiger partial charge is 0.362 e. The van der Waals surface area contributed by atoms with Gasteiger partial charge in [-0.25, -0.2) is 4.98 Å². The van der Waals surface area contributed by atoms with Gasteiger partial charge < -0.3 is 9.80 Å². The summed E-state index contributed by atoms with van der Waals surface area (Å²) in [5.74, 6) is 0.782. The van der Waals surface area contributed by atoms with Crippen molar-refractivity contribution in [2.45, 2.75) is 6.92 Å². The molecule has 9 heteroatoms. The van der Waals surface area contributed by atoms with Gasteiger partial charge in [0.15, 0.2) is 0 Å². The molecule has 116 valence electrons. The Bertz CT molecular complexity index is 699. The highest BCUT2D eigenvalue weighted by atomic mass is 79.9. The number of nitrogens with zero attached hydrogens (tertiary/aromatic N) is 5. The van der Waals surface area contributed by atoms with Crippen LogP contribution in [-0.2, 0) is 0 Å². The number of benzene rings is 1. The van der Waals surface area contributed by atoms with E-state index in [2.05, 4.69) is 30.2 Å². The predicted octanol–water partition coefficient (Wildman–Crippen LogP) is 2.84. The van der Waals surface area contributed by atoms with Crippen molar-refractivity contribution >= 4 is 44.0 Å². The van der Waals surface area contributed by atoms with E-state index in [1.165, 1.54) is 11.5 Å². The maximum Gasteiger partial charge on any atom is 0.292 e. The van der Waals surface area contributed by atoms with Gasteiger partial charge in [0.25, 0.3) is 5.69 Å². The third-order valence-corrected chi connectivity index (χ3v) is 4.90. The van der Waals surface area contributed by atoms with Crippen molar-refractivity contribution in [3.8, 4) is 0 Å². The number of hydrogen-bond donors (Lipinski definition) is 0. The fourth-order valence-corrected chi connectivity index (χ4v) is 3.53. The Morgan fingerprint density at radius 2 is 1.95 bits per heavy atom. The molecule has 1 aliphatic heterocycles. The van der Waals surface area contributed by atoms with Crippen molar-refractivity contribution in [2.75, 3.05) is 36.0 Å². The normalized spacial score (nSPS) is 15.2. The Balaban J connectivity index is 1.76. The number of aromatic nitrogens is 2. The van der Waals surface area contributed by atoms with Crippen LogP contribution in [-0.4, -0.2) is 40.5 Å². The van der Waals surface area contributed by atoms with Gasteiger partial charge in [0.1, 0.15) is 11.5 Å². The minimum absolute atomic E-state index is 0.142. The van der Waals surface area contributed by atoms with Gasteiger partial charge in [-0.2, -0.15) is 4.37 Å². The summed E-state index contributed by atoms with van der Waals surface area (Å²) in [5.41, 5.74) is 0.802. The number of nitro groups is 1. The maximum atomic E-state index is 11.2. The first-order valence-electron chi connectivity index (χ1n) is 6.79. The summed E-state index contributed by atoms with van der Waals surface area (Å²) in [5, 5.41) is 12.1. The Hall–Kier alpha value is -1.74. The van der Waals surface area contributed by atoms with Crippen LogP contribution in [0.3, 0.4) is 0 Å². The zero-order valence-electron chi connectivity index (χ0n) is 11.9. The molecule has 0 aliphatic carbocycles. The first-order chi connectivity index (χ1) is 10.5. The van der Waals surface area contributed by atoms with Crippen molar-refractivity contribution in [2.24, 2.45) is 0 Å². The molecule has 1 aromatic carbocycles. The molecule has 0 atom stereocenters. The molecule has 0 N–H and O–H groups in total. The molecule has 1 saturated heterocycles. The zero-order chi connectivity index (χ0) is 15.7. The molecule has 2 aromatic rings. The topological polar surface area (TPSA) is 75.4 Å². The predicted molar refractivity (Wildman–Crippen MR) is 89.9 cm³/mol. The van der Waals surface area contributed by atoms with E-state index in [1.54, 1.807) is 12.1 Å². The average Bonchev–Trinajstić information content (AvgIpc) is 2.93. The lowest BCUT2D eigenvalue weighted by Crippen LogP contribution is -2.46. The van der Waals surface area contributed by atoms with Crippen LogP contribution in [0.1, 0.15) is 5.82 Å². The van der Waals surface area contributed by atoms with Gasteiger partial charge in [0.05, 0.1) is 4.92 Å². The maximum absolute atomic E-state index is 11.2. The average molecular weight is 384 g/mol. The van der Waals surface area contributed by atoms with E-state index >= 15 is 0 Å². The van der Waals surface area contributed by atoms with Gasteiger partial charge in [0, 0.05) is 48.3 Å². The van der Waals surface area contributed by atoms with Crippen LogP contribution < -0.4 is 9.80 Å². The molecule has 7 nitrogen and oxygen atoms in total. The molecule has 3 rings (SSSR count). The SMILES string of the molecule is Cc1nsc(N2CCN(c3cc(Br)ccc3[N+](=O)[O-])CC2)n1. The third-order valence-electron chi connectivity index (χ3n) is 3.54. The number of nitro benzene ring substituents is 1. The van der Waals surface area contributed by atoms with E-state index in [0.29, 0.717) is 5.69 Å². The van der Waals surface area contributed by atoms with Gasteiger partial charge in [-0.05, 0) is 19.1 Å². The van der Waals surface area contributed by atoms with Crippen molar-refractivity contribution in [3.63, 3.8) is 0 Å².